The fourth-order valence-corrected chi connectivity index (χ4v) is 3.15. The lowest BCUT2D eigenvalue weighted by Gasteiger charge is -2.15. The largest absolute Gasteiger partial charge is 0.513 e. The highest BCUT2D eigenvalue weighted by atomic mass is 16.7. The van der Waals surface area contributed by atoms with Crippen LogP contribution in [-0.2, 0) is 17.6 Å². The van der Waals surface area contributed by atoms with E-state index in [1.54, 1.807) is 0 Å². The maximum atomic E-state index is 12.1. The molecular formula is C23H38O3. The summed E-state index contributed by atoms with van der Waals surface area (Å²) in [6, 6.07) is 6.08. The minimum absolute atomic E-state index is 0.445. The molecular weight excluding hydrogens is 324 g/mol. The number of rotatable bonds is 14. The molecule has 0 fully saturated rings. The van der Waals surface area contributed by atoms with E-state index in [9.17, 15) is 4.79 Å². The molecule has 1 aromatic carbocycles. The van der Waals surface area contributed by atoms with Crippen molar-refractivity contribution in [3.63, 3.8) is 0 Å². The van der Waals surface area contributed by atoms with E-state index in [-0.39, 0.29) is 0 Å². The molecule has 0 radical (unpaired) electrons. The van der Waals surface area contributed by atoms with Gasteiger partial charge in [-0.3, -0.25) is 0 Å². The van der Waals surface area contributed by atoms with Gasteiger partial charge in [-0.1, -0.05) is 77.8 Å². The van der Waals surface area contributed by atoms with Crippen molar-refractivity contribution >= 4 is 6.16 Å². The van der Waals surface area contributed by atoms with Crippen molar-refractivity contribution in [3.8, 4) is 5.75 Å². The summed E-state index contributed by atoms with van der Waals surface area (Å²) in [6.45, 7) is 7.04. The second-order valence-electron chi connectivity index (χ2n) is 7.07. The summed E-state index contributed by atoms with van der Waals surface area (Å²) >= 11 is 0. The van der Waals surface area contributed by atoms with Crippen LogP contribution in [-0.4, -0.2) is 12.8 Å². The molecule has 0 unspecified atom stereocenters. The highest BCUT2D eigenvalue weighted by molar-refractivity contribution is 5.65. The zero-order chi connectivity index (χ0) is 19.0. The molecule has 1 aromatic rings. The highest BCUT2D eigenvalue weighted by Gasteiger charge is 2.14. The molecule has 0 saturated heterocycles. The van der Waals surface area contributed by atoms with Crippen LogP contribution in [0.4, 0.5) is 4.79 Å². The summed E-state index contributed by atoms with van der Waals surface area (Å²) in [5.41, 5.74) is 2.52. The lowest BCUT2D eigenvalue weighted by Crippen LogP contribution is -2.13. The number of carbonyl (C=O) groups excluding carboxylic acids is 1. The van der Waals surface area contributed by atoms with Crippen molar-refractivity contribution in [2.45, 2.75) is 97.8 Å². The van der Waals surface area contributed by atoms with Gasteiger partial charge >= 0.3 is 6.16 Å². The Hall–Kier alpha value is -1.51. The Bertz CT molecular complexity index is 496. The molecule has 26 heavy (non-hydrogen) atoms. The third-order valence-corrected chi connectivity index (χ3v) is 4.72. The van der Waals surface area contributed by atoms with Crippen molar-refractivity contribution in [3.05, 3.63) is 29.3 Å². The van der Waals surface area contributed by atoms with Gasteiger partial charge in [-0.25, -0.2) is 4.79 Å². The van der Waals surface area contributed by atoms with Gasteiger partial charge in [-0.2, -0.15) is 0 Å². The Balaban J connectivity index is 2.67. The van der Waals surface area contributed by atoms with E-state index in [1.165, 1.54) is 56.1 Å². The first kappa shape index (κ1) is 22.5. The van der Waals surface area contributed by atoms with E-state index in [2.05, 4.69) is 26.8 Å². The number of benzene rings is 1. The van der Waals surface area contributed by atoms with Crippen LogP contribution in [0.3, 0.4) is 0 Å². The van der Waals surface area contributed by atoms with Gasteiger partial charge in [-0.15, -0.1) is 0 Å². The zero-order valence-electron chi connectivity index (χ0n) is 17.1. The van der Waals surface area contributed by atoms with E-state index >= 15 is 0 Å². The van der Waals surface area contributed by atoms with E-state index in [0.717, 1.165) is 32.1 Å². The summed E-state index contributed by atoms with van der Waals surface area (Å²) in [6.07, 6.45) is 13.0. The molecule has 0 saturated carbocycles. The molecule has 0 amide bonds. The van der Waals surface area contributed by atoms with E-state index < -0.39 is 6.16 Å². The van der Waals surface area contributed by atoms with Crippen molar-refractivity contribution < 1.29 is 14.3 Å². The quantitative estimate of drug-likeness (QED) is 0.199. The van der Waals surface area contributed by atoms with Crippen LogP contribution >= 0.6 is 0 Å². The molecule has 0 aliphatic heterocycles. The molecule has 3 nitrogen and oxygen atoms in total. The Morgan fingerprint density at radius 3 is 2.15 bits per heavy atom. The minimum atomic E-state index is -0.566. The van der Waals surface area contributed by atoms with Crippen LogP contribution in [0.15, 0.2) is 18.2 Å². The third-order valence-electron chi connectivity index (χ3n) is 4.72. The summed E-state index contributed by atoms with van der Waals surface area (Å²) in [5.74, 6) is 0.689. The Kier molecular flexibility index (Phi) is 12.7. The number of hydrogen-bond donors (Lipinski definition) is 0. The summed E-state index contributed by atoms with van der Waals surface area (Å²) < 4.78 is 10.8. The van der Waals surface area contributed by atoms with Gasteiger partial charge < -0.3 is 9.47 Å². The first-order valence-corrected chi connectivity index (χ1v) is 10.7. The average Bonchev–Trinajstić information content (AvgIpc) is 2.64. The first-order valence-electron chi connectivity index (χ1n) is 10.7. The number of carbonyl (C=O) groups is 1. The van der Waals surface area contributed by atoms with E-state index in [0.29, 0.717) is 12.4 Å². The van der Waals surface area contributed by atoms with Crippen LogP contribution < -0.4 is 4.74 Å². The molecule has 0 bridgehead atoms. The molecule has 3 heteroatoms. The van der Waals surface area contributed by atoms with Gasteiger partial charge in [-0.05, 0) is 49.3 Å². The second kappa shape index (κ2) is 14.6. The van der Waals surface area contributed by atoms with Crippen LogP contribution in [0, 0.1) is 0 Å². The molecule has 0 aliphatic carbocycles. The van der Waals surface area contributed by atoms with Crippen molar-refractivity contribution in [2.75, 3.05) is 6.61 Å². The summed E-state index contributed by atoms with van der Waals surface area (Å²) in [4.78, 5) is 12.1. The number of unbranched alkanes of at least 4 members (excludes halogenated alkanes) is 7. The molecule has 0 atom stereocenters. The SMILES string of the molecule is CCCCCCOC(=O)Oc1cccc(CCCCC)c1CCCCC. The van der Waals surface area contributed by atoms with Crippen LogP contribution in [0.1, 0.15) is 96.1 Å². The Morgan fingerprint density at radius 2 is 1.46 bits per heavy atom. The van der Waals surface area contributed by atoms with Gasteiger partial charge in [0.25, 0.3) is 0 Å². The normalized spacial score (nSPS) is 10.7. The Morgan fingerprint density at radius 1 is 0.808 bits per heavy atom. The molecule has 1 rings (SSSR count). The van der Waals surface area contributed by atoms with Crippen LogP contribution in [0.25, 0.3) is 0 Å². The lowest BCUT2D eigenvalue weighted by atomic mass is 9.96. The number of aryl methyl sites for hydroxylation is 1. The predicted octanol–water partition coefficient (Wildman–Crippen LogP) is 7.25. The minimum Gasteiger partial charge on any atom is -0.434 e. The molecule has 0 spiro atoms. The fourth-order valence-electron chi connectivity index (χ4n) is 3.15. The van der Waals surface area contributed by atoms with Crippen LogP contribution in [0.2, 0.25) is 0 Å². The zero-order valence-corrected chi connectivity index (χ0v) is 17.1. The Labute approximate surface area is 160 Å². The maximum absolute atomic E-state index is 12.1. The second-order valence-corrected chi connectivity index (χ2v) is 7.07. The molecule has 0 heterocycles. The summed E-state index contributed by atoms with van der Waals surface area (Å²) in [5, 5.41) is 0. The van der Waals surface area contributed by atoms with Gasteiger partial charge in [0, 0.05) is 0 Å². The highest BCUT2D eigenvalue weighted by Crippen LogP contribution is 2.27. The van der Waals surface area contributed by atoms with Gasteiger partial charge in [0.2, 0.25) is 0 Å². The smallest absolute Gasteiger partial charge is 0.434 e. The van der Waals surface area contributed by atoms with E-state index in [4.69, 9.17) is 9.47 Å². The molecule has 0 aliphatic rings. The van der Waals surface area contributed by atoms with Gasteiger partial charge in [0.15, 0.2) is 0 Å². The van der Waals surface area contributed by atoms with Crippen LogP contribution in [0.5, 0.6) is 5.75 Å². The topological polar surface area (TPSA) is 35.5 Å². The van der Waals surface area contributed by atoms with Gasteiger partial charge in [0.05, 0.1) is 6.61 Å². The fraction of sp³-hybridized carbons (Fsp3) is 0.696. The van der Waals surface area contributed by atoms with Crippen molar-refractivity contribution in [1.82, 2.24) is 0 Å². The monoisotopic (exact) mass is 362 g/mol. The van der Waals surface area contributed by atoms with Gasteiger partial charge in [0.1, 0.15) is 5.75 Å². The molecule has 0 aromatic heterocycles. The molecule has 0 N–H and O–H groups in total. The molecule has 148 valence electrons. The number of hydrogen-bond acceptors (Lipinski definition) is 3. The number of ether oxygens (including phenoxy) is 2. The van der Waals surface area contributed by atoms with Crippen molar-refractivity contribution in [2.24, 2.45) is 0 Å². The predicted molar refractivity (Wildman–Crippen MR) is 109 cm³/mol. The van der Waals surface area contributed by atoms with E-state index in [1.807, 2.05) is 12.1 Å². The standard InChI is InChI=1S/C23H38O3/c1-4-7-10-13-19-25-23(24)26-22-18-14-16-20(15-11-8-5-2)21(22)17-12-9-6-3/h14,16,18H,4-13,15,17,19H2,1-3H3. The summed E-state index contributed by atoms with van der Waals surface area (Å²) in [7, 11) is 0. The average molecular weight is 363 g/mol. The van der Waals surface area contributed by atoms with Crippen molar-refractivity contribution in [1.29, 1.82) is 0 Å². The third kappa shape index (κ3) is 9.26. The lowest BCUT2D eigenvalue weighted by molar-refractivity contribution is 0.0969. The maximum Gasteiger partial charge on any atom is 0.513 e. The first-order chi connectivity index (χ1) is 12.7.